The molecular weight excluding hydrogens is 252 g/mol. The summed E-state index contributed by atoms with van der Waals surface area (Å²) < 4.78 is 5.30. The van der Waals surface area contributed by atoms with Crippen molar-refractivity contribution in [1.82, 2.24) is 0 Å². The molecule has 0 aromatic heterocycles. The molecule has 110 valence electrons. The molecule has 1 saturated carbocycles. The van der Waals surface area contributed by atoms with Gasteiger partial charge in [0.25, 0.3) is 0 Å². The second-order valence-corrected chi connectivity index (χ2v) is 6.17. The molecule has 0 radical (unpaired) electrons. The van der Waals surface area contributed by atoms with E-state index in [1.165, 1.54) is 12.8 Å². The smallest absolute Gasteiger partial charge is 0.143 e. The molecule has 4 nitrogen and oxygen atoms in total. The van der Waals surface area contributed by atoms with Crippen molar-refractivity contribution in [2.75, 3.05) is 30.8 Å². The van der Waals surface area contributed by atoms with E-state index in [1.54, 1.807) is 7.11 Å². The summed E-state index contributed by atoms with van der Waals surface area (Å²) in [6.45, 7) is 1.84. The summed E-state index contributed by atoms with van der Waals surface area (Å²) >= 11 is 0. The molecule has 2 unspecified atom stereocenters. The summed E-state index contributed by atoms with van der Waals surface area (Å²) in [6.07, 6.45) is 5.38. The van der Waals surface area contributed by atoms with Crippen molar-refractivity contribution < 1.29 is 9.84 Å². The summed E-state index contributed by atoms with van der Waals surface area (Å²) in [5, 5.41) is 10.7. The van der Waals surface area contributed by atoms with E-state index < -0.39 is 5.60 Å². The summed E-state index contributed by atoms with van der Waals surface area (Å²) in [5.41, 5.74) is 7.26. The fourth-order valence-corrected chi connectivity index (χ4v) is 3.70. The predicted octanol–water partition coefficient (Wildman–Crippen LogP) is 2.41. The number of nitrogen functional groups attached to an aromatic ring is 1. The van der Waals surface area contributed by atoms with Gasteiger partial charge in [-0.05, 0) is 31.4 Å². The van der Waals surface area contributed by atoms with Crippen molar-refractivity contribution in [3.8, 4) is 5.75 Å². The third kappa shape index (κ3) is 2.33. The Morgan fingerprint density at radius 2 is 2.20 bits per heavy atom. The lowest BCUT2D eigenvalue weighted by Crippen LogP contribution is -2.53. The first kappa shape index (κ1) is 13.6. The van der Waals surface area contributed by atoms with Crippen LogP contribution >= 0.6 is 0 Å². The molecule has 1 aromatic rings. The zero-order chi connectivity index (χ0) is 14.2. The van der Waals surface area contributed by atoms with Crippen molar-refractivity contribution in [3.63, 3.8) is 0 Å². The quantitative estimate of drug-likeness (QED) is 0.814. The van der Waals surface area contributed by atoms with E-state index in [-0.39, 0.29) is 0 Å². The number of ether oxygens (including phenoxy) is 1. The van der Waals surface area contributed by atoms with Gasteiger partial charge in [-0.1, -0.05) is 12.8 Å². The van der Waals surface area contributed by atoms with Gasteiger partial charge in [0.2, 0.25) is 0 Å². The molecule has 0 amide bonds. The minimum Gasteiger partial charge on any atom is -0.495 e. The number of hydrogen-bond donors (Lipinski definition) is 2. The molecule has 3 N–H and O–H groups in total. The third-order valence-electron chi connectivity index (χ3n) is 5.01. The van der Waals surface area contributed by atoms with Gasteiger partial charge in [0.1, 0.15) is 5.75 Å². The summed E-state index contributed by atoms with van der Waals surface area (Å²) in [4.78, 5) is 2.35. The lowest BCUT2D eigenvalue weighted by molar-refractivity contribution is -0.0612. The number of fused-ring (bicyclic) bond motifs is 1. The maximum atomic E-state index is 10.7. The Hall–Kier alpha value is -1.42. The maximum absolute atomic E-state index is 10.7. The second-order valence-electron chi connectivity index (χ2n) is 6.17. The number of aliphatic hydroxyl groups is 1. The Kier molecular flexibility index (Phi) is 3.50. The minimum absolute atomic E-state index is 0.397. The number of rotatable bonds is 2. The number of hydrogen-bond acceptors (Lipinski definition) is 4. The minimum atomic E-state index is -0.424. The van der Waals surface area contributed by atoms with Crippen LogP contribution in [0.5, 0.6) is 5.75 Å². The molecule has 4 heteroatoms. The molecule has 2 fully saturated rings. The van der Waals surface area contributed by atoms with Gasteiger partial charge in [-0.25, -0.2) is 0 Å². The lowest BCUT2D eigenvalue weighted by atomic mass is 9.71. The second kappa shape index (κ2) is 5.17. The van der Waals surface area contributed by atoms with E-state index >= 15 is 0 Å². The molecule has 1 saturated heterocycles. The van der Waals surface area contributed by atoms with Gasteiger partial charge >= 0.3 is 0 Å². The number of nitrogens with zero attached hydrogens (tertiary/aromatic N) is 1. The first-order valence-corrected chi connectivity index (χ1v) is 7.53. The van der Waals surface area contributed by atoms with E-state index in [0.29, 0.717) is 11.6 Å². The van der Waals surface area contributed by atoms with Crippen LogP contribution < -0.4 is 15.4 Å². The molecule has 0 spiro atoms. The molecule has 1 aliphatic heterocycles. The van der Waals surface area contributed by atoms with E-state index in [1.807, 2.05) is 18.2 Å². The number of piperidine rings is 1. The topological polar surface area (TPSA) is 58.7 Å². The van der Waals surface area contributed by atoms with Gasteiger partial charge < -0.3 is 20.5 Å². The molecular formula is C16H24N2O2. The Morgan fingerprint density at radius 1 is 1.35 bits per heavy atom. The average molecular weight is 276 g/mol. The van der Waals surface area contributed by atoms with Crippen LogP contribution in [-0.4, -0.2) is 30.9 Å². The first-order chi connectivity index (χ1) is 9.62. The van der Waals surface area contributed by atoms with Gasteiger partial charge in [0.05, 0.1) is 18.4 Å². The van der Waals surface area contributed by atoms with Gasteiger partial charge in [-0.15, -0.1) is 0 Å². The van der Waals surface area contributed by atoms with Crippen molar-refractivity contribution in [1.29, 1.82) is 0 Å². The van der Waals surface area contributed by atoms with Crippen molar-refractivity contribution in [2.45, 2.75) is 37.7 Å². The fraction of sp³-hybridized carbons (Fsp3) is 0.625. The van der Waals surface area contributed by atoms with Crippen molar-refractivity contribution >= 4 is 11.4 Å². The molecule has 3 rings (SSSR count). The molecule has 2 atom stereocenters. The van der Waals surface area contributed by atoms with Crippen LogP contribution in [0.1, 0.15) is 32.1 Å². The zero-order valence-electron chi connectivity index (χ0n) is 12.1. The van der Waals surface area contributed by atoms with E-state index in [0.717, 1.165) is 43.8 Å². The SMILES string of the molecule is COc1cc(N2CCC3(O)CCCCC3C2)ccc1N. The zero-order valence-corrected chi connectivity index (χ0v) is 12.1. The molecule has 1 heterocycles. The fourth-order valence-electron chi connectivity index (χ4n) is 3.70. The van der Waals surface area contributed by atoms with Gasteiger partial charge in [-0.2, -0.15) is 0 Å². The van der Waals surface area contributed by atoms with E-state index in [4.69, 9.17) is 10.5 Å². The van der Waals surface area contributed by atoms with E-state index in [9.17, 15) is 5.11 Å². The number of benzene rings is 1. The number of methoxy groups -OCH3 is 1. The van der Waals surface area contributed by atoms with Crippen molar-refractivity contribution in [2.24, 2.45) is 5.92 Å². The highest BCUT2D eigenvalue weighted by Gasteiger charge is 2.42. The number of nitrogens with two attached hydrogens (primary N) is 1. The van der Waals surface area contributed by atoms with E-state index in [2.05, 4.69) is 4.90 Å². The lowest BCUT2D eigenvalue weighted by Gasteiger charge is -2.48. The molecule has 0 bridgehead atoms. The Bertz CT molecular complexity index is 491. The van der Waals surface area contributed by atoms with Crippen molar-refractivity contribution in [3.05, 3.63) is 18.2 Å². The largest absolute Gasteiger partial charge is 0.495 e. The van der Waals surface area contributed by atoms with Gasteiger partial charge in [0, 0.05) is 30.8 Å². The molecule has 20 heavy (non-hydrogen) atoms. The predicted molar refractivity (Wildman–Crippen MR) is 81.1 cm³/mol. The van der Waals surface area contributed by atoms with Gasteiger partial charge in [-0.3, -0.25) is 0 Å². The Morgan fingerprint density at radius 3 is 3.00 bits per heavy atom. The van der Waals surface area contributed by atoms with Crippen LogP contribution in [0.25, 0.3) is 0 Å². The van der Waals surface area contributed by atoms with Crippen LogP contribution in [-0.2, 0) is 0 Å². The van der Waals surface area contributed by atoms with Crippen LogP contribution in [0.15, 0.2) is 18.2 Å². The normalized spacial score (nSPS) is 29.9. The standard InChI is InChI=1S/C16H24N2O2/c1-20-15-10-13(5-6-14(15)17)18-9-8-16(19)7-3-2-4-12(16)11-18/h5-6,10,12,19H,2-4,7-9,11,17H2,1H3. The summed E-state index contributed by atoms with van der Waals surface area (Å²) in [6, 6.07) is 5.95. The molecule has 1 aliphatic carbocycles. The first-order valence-electron chi connectivity index (χ1n) is 7.53. The average Bonchev–Trinajstić information content (AvgIpc) is 2.47. The highest BCUT2D eigenvalue weighted by Crippen LogP contribution is 2.41. The highest BCUT2D eigenvalue weighted by molar-refractivity contribution is 5.62. The Balaban J connectivity index is 1.79. The summed E-state index contributed by atoms with van der Waals surface area (Å²) in [7, 11) is 1.64. The van der Waals surface area contributed by atoms with Crippen LogP contribution in [0, 0.1) is 5.92 Å². The van der Waals surface area contributed by atoms with Crippen LogP contribution in [0.4, 0.5) is 11.4 Å². The maximum Gasteiger partial charge on any atom is 0.143 e. The monoisotopic (exact) mass is 276 g/mol. The molecule has 2 aliphatic rings. The van der Waals surface area contributed by atoms with Gasteiger partial charge in [0.15, 0.2) is 0 Å². The number of anilines is 2. The highest BCUT2D eigenvalue weighted by atomic mass is 16.5. The van der Waals surface area contributed by atoms with Crippen LogP contribution in [0.2, 0.25) is 0 Å². The third-order valence-corrected chi connectivity index (χ3v) is 5.01. The molecule has 1 aromatic carbocycles. The Labute approximate surface area is 120 Å². The summed E-state index contributed by atoms with van der Waals surface area (Å²) in [5.74, 6) is 1.13. The van der Waals surface area contributed by atoms with Crippen LogP contribution in [0.3, 0.4) is 0 Å².